The van der Waals surface area contributed by atoms with Crippen molar-refractivity contribution < 1.29 is 4.79 Å². The largest absolute Gasteiger partial charge is 0.341 e. The number of nitrogens with zero attached hydrogens (tertiary/aromatic N) is 3. The fourth-order valence-electron chi connectivity index (χ4n) is 2.45. The van der Waals surface area contributed by atoms with Crippen molar-refractivity contribution in [1.29, 1.82) is 0 Å². The minimum absolute atomic E-state index is 0.236. The smallest absolute Gasteiger partial charge is 0.236 e. The van der Waals surface area contributed by atoms with E-state index in [4.69, 9.17) is 0 Å². The number of H-pyrrole nitrogens is 1. The van der Waals surface area contributed by atoms with E-state index in [9.17, 15) is 4.79 Å². The van der Waals surface area contributed by atoms with Crippen LogP contribution in [0.5, 0.6) is 0 Å². The molecule has 1 atom stereocenters. The maximum Gasteiger partial charge on any atom is 0.236 e. The Hall–Kier alpha value is -1.36. The second kappa shape index (κ2) is 6.19. The predicted molar refractivity (Wildman–Crippen MR) is 74.9 cm³/mol. The molecule has 106 valence electrons. The first-order valence-electron chi connectivity index (χ1n) is 7.05. The highest BCUT2D eigenvalue weighted by molar-refractivity contribution is 5.78. The van der Waals surface area contributed by atoms with E-state index in [1.54, 1.807) is 6.20 Å². The van der Waals surface area contributed by atoms with Gasteiger partial charge in [-0.1, -0.05) is 0 Å². The molecule has 1 aliphatic rings. The summed E-state index contributed by atoms with van der Waals surface area (Å²) in [6.07, 6.45) is 3.98. The van der Waals surface area contributed by atoms with Gasteiger partial charge in [0, 0.05) is 36.9 Å². The monoisotopic (exact) mass is 264 g/mol. The topological polar surface area (TPSA) is 52.2 Å². The van der Waals surface area contributed by atoms with Crippen molar-refractivity contribution in [1.82, 2.24) is 20.0 Å². The maximum atomic E-state index is 12.3. The molecule has 0 bridgehead atoms. The predicted octanol–water partition coefficient (Wildman–Crippen LogP) is 1.46. The number of amides is 1. The van der Waals surface area contributed by atoms with Crippen LogP contribution >= 0.6 is 0 Å². The number of hydrogen-bond acceptors (Lipinski definition) is 3. The highest BCUT2D eigenvalue weighted by Gasteiger charge is 2.26. The molecule has 0 radical (unpaired) electrons. The van der Waals surface area contributed by atoms with Crippen molar-refractivity contribution in [3.63, 3.8) is 0 Å². The van der Waals surface area contributed by atoms with Crippen LogP contribution in [0.1, 0.15) is 38.3 Å². The van der Waals surface area contributed by atoms with Crippen LogP contribution in [-0.2, 0) is 4.79 Å². The number of nitrogens with one attached hydrogen (secondary N) is 1. The lowest BCUT2D eigenvalue weighted by Gasteiger charge is -2.34. The van der Waals surface area contributed by atoms with Gasteiger partial charge in [0.15, 0.2) is 0 Å². The lowest BCUT2D eigenvalue weighted by Crippen LogP contribution is -2.45. The van der Waals surface area contributed by atoms with Gasteiger partial charge in [0.05, 0.1) is 6.54 Å². The zero-order chi connectivity index (χ0) is 13.8. The number of hydrogen-bond donors (Lipinski definition) is 1. The van der Waals surface area contributed by atoms with Crippen molar-refractivity contribution >= 4 is 5.91 Å². The van der Waals surface area contributed by atoms with E-state index in [0.29, 0.717) is 18.5 Å². The number of carbonyl (C=O) groups excluding carboxylic acids is 1. The molecule has 1 aromatic rings. The third-order valence-corrected chi connectivity index (χ3v) is 4.00. The van der Waals surface area contributed by atoms with Crippen LogP contribution in [0.15, 0.2) is 12.3 Å². The van der Waals surface area contributed by atoms with Gasteiger partial charge in [-0.15, -0.1) is 0 Å². The van der Waals surface area contributed by atoms with Gasteiger partial charge in [0.2, 0.25) is 5.91 Å². The summed E-state index contributed by atoms with van der Waals surface area (Å²) in [4.78, 5) is 16.4. The number of likely N-dealkylation sites (tertiary alicyclic amines) is 1. The van der Waals surface area contributed by atoms with Crippen LogP contribution in [0.2, 0.25) is 0 Å². The molecule has 0 spiro atoms. The SMILES string of the molecule is CC(C)N(C)CC(=O)N1CCC[C@H](c2ccn[nH]2)C1. The van der Waals surface area contributed by atoms with Crippen molar-refractivity contribution in [2.75, 3.05) is 26.7 Å². The molecule has 19 heavy (non-hydrogen) atoms. The molecular weight excluding hydrogens is 240 g/mol. The van der Waals surface area contributed by atoms with Crippen LogP contribution in [-0.4, -0.2) is 58.6 Å². The van der Waals surface area contributed by atoms with Gasteiger partial charge >= 0.3 is 0 Å². The van der Waals surface area contributed by atoms with Crippen LogP contribution in [0.3, 0.4) is 0 Å². The van der Waals surface area contributed by atoms with Gasteiger partial charge in [0.1, 0.15) is 0 Å². The molecule has 1 aromatic heterocycles. The molecule has 5 heteroatoms. The second-order valence-electron chi connectivity index (χ2n) is 5.70. The van der Waals surface area contributed by atoms with E-state index in [2.05, 4.69) is 28.9 Å². The lowest BCUT2D eigenvalue weighted by atomic mass is 9.95. The molecule has 1 aliphatic heterocycles. The highest BCUT2D eigenvalue weighted by atomic mass is 16.2. The van der Waals surface area contributed by atoms with Gasteiger partial charge in [0.25, 0.3) is 0 Å². The fraction of sp³-hybridized carbons (Fsp3) is 0.714. The van der Waals surface area contributed by atoms with Crippen molar-refractivity contribution in [3.8, 4) is 0 Å². The second-order valence-corrected chi connectivity index (χ2v) is 5.70. The molecule has 0 aromatic carbocycles. The zero-order valence-electron chi connectivity index (χ0n) is 12.1. The first-order valence-corrected chi connectivity index (χ1v) is 7.05. The molecule has 1 saturated heterocycles. The first kappa shape index (κ1) is 14.1. The average Bonchev–Trinajstić information content (AvgIpc) is 2.92. The summed E-state index contributed by atoms with van der Waals surface area (Å²) in [7, 11) is 2.00. The summed E-state index contributed by atoms with van der Waals surface area (Å²) in [6, 6.07) is 2.41. The number of aromatic nitrogens is 2. The summed E-state index contributed by atoms with van der Waals surface area (Å²) in [5.74, 6) is 0.643. The van der Waals surface area contributed by atoms with Crippen molar-refractivity contribution in [2.24, 2.45) is 0 Å². The van der Waals surface area contributed by atoms with Gasteiger partial charge in [-0.2, -0.15) is 5.10 Å². The Morgan fingerprint density at radius 2 is 2.42 bits per heavy atom. The number of piperidine rings is 1. The summed E-state index contributed by atoms with van der Waals surface area (Å²) in [5.41, 5.74) is 1.15. The Morgan fingerprint density at radius 3 is 3.05 bits per heavy atom. The summed E-state index contributed by atoms with van der Waals surface area (Å²) >= 11 is 0. The number of likely N-dealkylation sites (N-methyl/N-ethyl adjacent to an activating group) is 1. The van der Waals surface area contributed by atoms with E-state index < -0.39 is 0 Å². The zero-order valence-corrected chi connectivity index (χ0v) is 12.1. The standard InChI is InChI=1S/C14H24N4O/c1-11(2)17(3)10-14(19)18-8-4-5-12(9-18)13-6-7-15-16-13/h6-7,11-12H,4-5,8-10H2,1-3H3,(H,15,16)/t12-/m0/s1. The Bertz CT molecular complexity index is 402. The Kier molecular flexibility index (Phi) is 4.58. The van der Waals surface area contributed by atoms with E-state index in [1.165, 1.54) is 0 Å². The molecule has 0 unspecified atom stereocenters. The third-order valence-electron chi connectivity index (χ3n) is 4.00. The van der Waals surface area contributed by atoms with Gasteiger partial charge in [-0.25, -0.2) is 0 Å². The van der Waals surface area contributed by atoms with Crippen molar-refractivity contribution in [2.45, 2.75) is 38.6 Å². The van der Waals surface area contributed by atoms with E-state index in [0.717, 1.165) is 31.6 Å². The lowest BCUT2D eigenvalue weighted by molar-refractivity contribution is -0.133. The first-order chi connectivity index (χ1) is 9.08. The number of aromatic amines is 1. The molecular formula is C14H24N4O. The minimum atomic E-state index is 0.236. The van der Waals surface area contributed by atoms with Crippen LogP contribution in [0.25, 0.3) is 0 Å². The Morgan fingerprint density at radius 1 is 1.63 bits per heavy atom. The molecule has 1 N–H and O–H groups in total. The van der Waals surface area contributed by atoms with Gasteiger partial charge < -0.3 is 4.90 Å². The Labute approximate surface area is 115 Å². The number of rotatable bonds is 4. The molecule has 5 nitrogen and oxygen atoms in total. The van der Waals surface area contributed by atoms with Crippen molar-refractivity contribution in [3.05, 3.63) is 18.0 Å². The fourth-order valence-corrected chi connectivity index (χ4v) is 2.45. The normalized spacial score (nSPS) is 20.3. The third kappa shape index (κ3) is 3.56. The molecule has 1 fully saturated rings. The molecule has 0 aliphatic carbocycles. The number of carbonyl (C=O) groups is 1. The van der Waals surface area contributed by atoms with E-state index in [1.807, 2.05) is 18.0 Å². The van der Waals surface area contributed by atoms with Crippen LogP contribution in [0.4, 0.5) is 0 Å². The molecule has 2 rings (SSSR count). The average molecular weight is 264 g/mol. The summed E-state index contributed by atoms with van der Waals surface area (Å²) < 4.78 is 0. The Balaban J connectivity index is 1.92. The van der Waals surface area contributed by atoms with Crippen LogP contribution < -0.4 is 0 Å². The van der Waals surface area contributed by atoms with E-state index >= 15 is 0 Å². The minimum Gasteiger partial charge on any atom is -0.341 e. The van der Waals surface area contributed by atoms with E-state index in [-0.39, 0.29) is 5.91 Å². The van der Waals surface area contributed by atoms with Gasteiger partial charge in [-0.3, -0.25) is 14.8 Å². The van der Waals surface area contributed by atoms with Crippen LogP contribution in [0, 0.1) is 0 Å². The quantitative estimate of drug-likeness (QED) is 0.895. The molecule has 1 amide bonds. The summed E-state index contributed by atoms with van der Waals surface area (Å²) in [6.45, 7) is 6.42. The maximum absolute atomic E-state index is 12.3. The van der Waals surface area contributed by atoms with Gasteiger partial charge in [-0.05, 0) is 39.8 Å². The highest BCUT2D eigenvalue weighted by Crippen LogP contribution is 2.25. The molecule has 0 saturated carbocycles. The molecule has 2 heterocycles. The summed E-state index contributed by atoms with van der Waals surface area (Å²) in [5, 5.41) is 7.03.